The van der Waals surface area contributed by atoms with Crippen LogP contribution in [-0.2, 0) is 0 Å². The lowest BCUT2D eigenvalue weighted by molar-refractivity contribution is 0.0699. The highest BCUT2D eigenvalue weighted by molar-refractivity contribution is 6.03. The molecule has 1 aliphatic carbocycles. The number of aromatic nitrogens is 1. The first-order valence-electron chi connectivity index (χ1n) is 5.85. The Kier molecular flexibility index (Phi) is 2.67. The summed E-state index contributed by atoms with van der Waals surface area (Å²) in [5.74, 6) is -0.945. The number of hydrogen-bond donors (Lipinski definition) is 1. The number of pyridine rings is 1. The number of rotatable bonds is 2. The van der Waals surface area contributed by atoms with Gasteiger partial charge < -0.3 is 5.11 Å². The molecule has 3 heteroatoms. The van der Waals surface area contributed by atoms with Crippen molar-refractivity contribution >= 4 is 22.4 Å². The number of aromatic carboxylic acids is 1. The van der Waals surface area contributed by atoms with Gasteiger partial charge in [0.05, 0.1) is 17.2 Å². The van der Waals surface area contributed by atoms with Gasteiger partial charge in [-0.15, -0.1) is 0 Å². The Morgan fingerprint density at radius 2 is 2.11 bits per heavy atom. The fraction of sp³-hybridized carbons (Fsp3) is 0. The molecule has 0 bridgehead atoms. The highest BCUT2D eigenvalue weighted by atomic mass is 16.4. The van der Waals surface area contributed by atoms with Gasteiger partial charge in [-0.25, -0.2) is 9.78 Å². The summed E-state index contributed by atoms with van der Waals surface area (Å²) in [5.41, 5.74) is 2.45. The average molecular weight is 248 g/mol. The molecule has 1 aromatic carbocycles. The molecule has 3 nitrogen and oxygen atoms in total. The fourth-order valence-electron chi connectivity index (χ4n) is 2.05. The zero-order valence-electron chi connectivity index (χ0n) is 10.00. The molecular formula is C16H10NO2+. The number of carbonyl (C=O) groups is 1. The molecule has 19 heavy (non-hydrogen) atoms. The van der Waals surface area contributed by atoms with Gasteiger partial charge in [-0.1, -0.05) is 18.2 Å². The van der Waals surface area contributed by atoms with Crippen LogP contribution in [0.5, 0.6) is 0 Å². The molecule has 90 valence electrons. The first-order chi connectivity index (χ1) is 9.25. The summed E-state index contributed by atoms with van der Waals surface area (Å²) in [5, 5.41) is 9.97. The molecule has 1 aromatic heterocycles. The van der Waals surface area contributed by atoms with Crippen LogP contribution in [-0.4, -0.2) is 16.1 Å². The first kappa shape index (κ1) is 11.3. The van der Waals surface area contributed by atoms with Crippen LogP contribution in [0, 0.1) is 6.08 Å². The van der Waals surface area contributed by atoms with E-state index < -0.39 is 5.97 Å². The maximum Gasteiger partial charge on any atom is 0.336 e. The average Bonchev–Trinajstić information content (AvgIpc) is 2.47. The molecule has 1 aliphatic rings. The third-order valence-corrected chi connectivity index (χ3v) is 2.95. The van der Waals surface area contributed by atoms with E-state index in [1.165, 1.54) is 0 Å². The lowest BCUT2D eigenvalue weighted by Gasteiger charge is -2.04. The van der Waals surface area contributed by atoms with Gasteiger partial charge in [0.15, 0.2) is 0 Å². The van der Waals surface area contributed by atoms with Crippen molar-refractivity contribution in [3.8, 4) is 0 Å². The van der Waals surface area contributed by atoms with Crippen LogP contribution in [0.25, 0.3) is 16.5 Å². The van der Waals surface area contributed by atoms with Gasteiger partial charge in [0.25, 0.3) is 0 Å². The van der Waals surface area contributed by atoms with Crippen LogP contribution < -0.4 is 0 Å². The maximum absolute atomic E-state index is 11.4. The topological polar surface area (TPSA) is 50.2 Å². The summed E-state index contributed by atoms with van der Waals surface area (Å²) in [4.78, 5) is 15.9. The molecule has 1 N–H and O–H groups in total. The second kappa shape index (κ2) is 4.48. The molecule has 3 rings (SSSR count). The predicted octanol–water partition coefficient (Wildman–Crippen LogP) is 3.25. The number of carboxylic acid groups (broad SMARTS) is 1. The largest absolute Gasteiger partial charge is 0.478 e. The summed E-state index contributed by atoms with van der Waals surface area (Å²) in [6.07, 6.45) is 10.3. The zero-order valence-corrected chi connectivity index (χ0v) is 10.00. The number of benzene rings is 1. The predicted molar refractivity (Wildman–Crippen MR) is 73.6 cm³/mol. The Hall–Kier alpha value is -2.77. The van der Waals surface area contributed by atoms with Crippen molar-refractivity contribution < 1.29 is 9.90 Å². The molecule has 0 saturated heterocycles. The van der Waals surface area contributed by atoms with E-state index in [1.54, 1.807) is 24.3 Å². The van der Waals surface area contributed by atoms with E-state index in [2.05, 4.69) is 11.1 Å². The van der Waals surface area contributed by atoms with Gasteiger partial charge in [0, 0.05) is 17.5 Å². The highest BCUT2D eigenvalue weighted by Crippen LogP contribution is 2.23. The van der Waals surface area contributed by atoms with E-state index in [0.717, 1.165) is 5.57 Å². The molecule has 0 spiro atoms. The molecule has 0 fully saturated rings. The number of carboxylic acids is 1. The van der Waals surface area contributed by atoms with Gasteiger partial charge in [0.2, 0.25) is 0 Å². The van der Waals surface area contributed by atoms with E-state index in [-0.39, 0.29) is 5.56 Å². The minimum Gasteiger partial charge on any atom is -0.478 e. The third-order valence-electron chi connectivity index (χ3n) is 2.95. The second-order valence-corrected chi connectivity index (χ2v) is 4.17. The Morgan fingerprint density at radius 1 is 1.26 bits per heavy atom. The summed E-state index contributed by atoms with van der Waals surface area (Å²) >= 11 is 0. The fourth-order valence-corrected chi connectivity index (χ4v) is 2.05. The summed E-state index contributed by atoms with van der Waals surface area (Å²) < 4.78 is 0. The molecule has 1 heterocycles. The molecular weight excluding hydrogens is 238 g/mol. The van der Waals surface area contributed by atoms with Crippen molar-refractivity contribution in [3.05, 3.63) is 72.0 Å². The van der Waals surface area contributed by atoms with E-state index in [1.807, 2.05) is 30.4 Å². The van der Waals surface area contributed by atoms with Crippen LogP contribution in [0.3, 0.4) is 0 Å². The minimum atomic E-state index is -0.945. The van der Waals surface area contributed by atoms with Crippen molar-refractivity contribution in [1.82, 2.24) is 4.98 Å². The summed E-state index contributed by atoms with van der Waals surface area (Å²) in [6, 6.07) is 8.85. The second-order valence-electron chi connectivity index (χ2n) is 4.17. The Bertz CT molecular complexity index is 754. The first-order valence-corrected chi connectivity index (χ1v) is 5.85. The number of allylic oxidation sites excluding steroid dienone is 6. The van der Waals surface area contributed by atoms with Crippen molar-refractivity contribution in [2.75, 3.05) is 0 Å². The van der Waals surface area contributed by atoms with Gasteiger partial charge in [0.1, 0.15) is 23.4 Å². The highest BCUT2D eigenvalue weighted by Gasteiger charge is 2.16. The Labute approximate surface area is 110 Å². The third kappa shape index (κ3) is 2.03. The summed E-state index contributed by atoms with van der Waals surface area (Å²) in [7, 11) is 0. The molecule has 0 saturated carbocycles. The van der Waals surface area contributed by atoms with Gasteiger partial charge >= 0.3 is 5.97 Å². The van der Waals surface area contributed by atoms with Crippen LogP contribution in [0.1, 0.15) is 16.1 Å². The number of fused-ring (bicyclic) bond motifs is 1. The lowest BCUT2D eigenvalue weighted by atomic mass is 10.0. The zero-order chi connectivity index (χ0) is 13.2. The quantitative estimate of drug-likeness (QED) is 0.830. The molecule has 0 amide bonds. The summed E-state index contributed by atoms with van der Waals surface area (Å²) in [6.45, 7) is 0. The Morgan fingerprint density at radius 3 is 2.84 bits per heavy atom. The monoisotopic (exact) mass is 248 g/mol. The standard InChI is InChI=1S/C16H9NO2/c18-16(19)13-10-15(11-6-2-1-3-7-11)17-14-9-5-4-8-12(13)14/h1-2,4-10H/p+1. The minimum absolute atomic E-state index is 0.268. The van der Waals surface area contributed by atoms with Gasteiger partial charge in [-0.05, 0) is 12.1 Å². The molecule has 0 radical (unpaired) electrons. The van der Waals surface area contributed by atoms with Crippen LogP contribution in [0.2, 0.25) is 0 Å². The van der Waals surface area contributed by atoms with Crippen LogP contribution in [0.4, 0.5) is 0 Å². The lowest BCUT2D eigenvalue weighted by Crippen LogP contribution is -2.01. The number of hydrogen-bond acceptors (Lipinski definition) is 2. The smallest absolute Gasteiger partial charge is 0.336 e. The van der Waals surface area contributed by atoms with Gasteiger partial charge in [-0.2, -0.15) is 0 Å². The van der Waals surface area contributed by atoms with Crippen molar-refractivity contribution in [1.29, 1.82) is 0 Å². The van der Waals surface area contributed by atoms with E-state index in [0.29, 0.717) is 16.6 Å². The molecule has 2 aromatic rings. The number of nitrogens with zero attached hydrogens (tertiary/aromatic N) is 1. The van der Waals surface area contributed by atoms with Crippen molar-refractivity contribution in [3.63, 3.8) is 0 Å². The van der Waals surface area contributed by atoms with Crippen molar-refractivity contribution in [2.24, 2.45) is 0 Å². The molecule has 0 aliphatic heterocycles. The van der Waals surface area contributed by atoms with E-state index >= 15 is 0 Å². The molecule has 0 unspecified atom stereocenters. The number of para-hydroxylation sites is 1. The Balaban J connectivity index is 2.28. The molecule has 0 atom stereocenters. The van der Waals surface area contributed by atoms with E-state index in [4.69, 9.17) is 0 Å². The maximum atomic E-state index is 11.4. The van der Waals surface area contributed by atoms with E-state index in [9.17, 15) is 9.90 Å². The van der Waals surface area contributed by atoms with Gasteiger partial charge in [-0.3, -0.25) is 0 Å². The SMILES string of the molecule is O=C(O)c1cc(C2=CC=C[C+]=C2)nc2ccccc12. The van der Waals surface area contributed by atoms with Crippen molar-refractivity contribution in [2.45, 2.75) is 0 Å². The van der Waals surface area contributed by atoms with Crippen LogP contribution >= 0.6 is 0 Å². The van der Waals surface area contributed by atoms with Crippen LogP contribution in [0.15, 0.2) is 54.6 Å². The normalized spacial score (nSPS) is 13.2.